The van der Waals surface area contributed by atoms with Crippen LogP contribution in [0.15, 0.2) is 0 Å². The van der Waals surface area contributed by atoms with E-state index in [9.17, 15) is 9.90 Å². The number of aliphatic hydroxyl groups is 1. The number of aryl methyl sites for hydroxylation is 2. The summed E-state index contributed by atoms with van der Waals surface area (Å²) in [4.78, 5) is 17.0. The van der Waals surface area contributed by atoms with Crippen molar-refractivity contribution in [1.82, 2.24) is 10.3 Å². The second-order valence-corrected chi connectivity index (χ2v) is 6.97. The van der Waals surface area contributed by atoms with E-state index in [1.54, 1.807) is 0 Å². The molecule has 0 saturated carbocycles. The van der Waals surface area contributed by atoms with Crippen molar-refractivity contribution < 1.29 is 9.90 Å². The lowest BCUT2D eigenvalue weighted by molar-refractivity contribution is 0.0901. The molecule has 0 radical (unpaired) electrons. The molecule has 18 heavy (non-hydrogen) atoms. The molecule has 0 aromatic carbocycles. The van der Waals surface area contributed by atoms with E-state index in [2.05, 4.69) is 31.1 Å². The number of aromatic nitrogens is 1. The third kappa shape index (κ3) is 4.38. The molecule has 1 amide bonds. The molecule has 1 unspecified atom stereocenters. The van der Waals surface area contributed by atoms with E-state index in [0.29, 0.717) is 4.88 Å². The summed E-state index contributed by atoms with van der Waals surface area (Å²) in [7, 11) is 0. The zero-order valence-electron chi connectivity index (χ0n) is 11.7. The van der Waals surface area contributed by atoms with Gasteiger partial charge >= 0.3 is 0 Å². The molecule has 2 N–H and O–H groups in total. The molecule has 0 aliphatic carbocycles. The first-order valence-corrected chi connectivity index (χ1v) is 6.90. The van der Waals surface area contributed by atoms with Crippen molar-refractivity contribution in [2.75, 3.05) is 6.61 Å². The van der Waals surface area contributed by atoms with Crippen molar-refractivity contribution in [2.24, 2.45) is 5.41 Å². The fourth-order valence-electron chi connectivity index (χ4n) is 1.89. The lowest BCUT2D eigenvalue weighted by Crippen LogP contribution is -2.39. The maximum atomic E-state index is 12.1. The van der Waals surface area contributed by atoms with Crippen LogP contribution in [0.1, 0.15) is 47.6 Å². The van der Waals surface area contributed by atoms with E-state index in [4.69, 9.17) is 0 Å². The van der Waals surface area contributed by atoms with Crippen LogP contribution in [0.3, 0.4) is 0 Å². The van der Waals surface area contributed by atoms with E-state index in [0.717, 1.165) is 17.1 Å². The lowest BCUT2D eigenvalue weighted by Gasteiger charge is -2.25. The Balaban J connectivity index is 2.71. The molecule has 5 heteroatoms. The number of carbonyl (C=O) groups is 1. The summed E-state index contributed by atoms with van der Waals surface area (Å²) in [6.07, 6.45) is 0.742. The van der Waals surface area contributed by atoms with Gasteiger partial charge in [0.2, 0.25) is 0 Å². The number of thiazole rings is 1. The summed E-state index contributed by atoms with van der Waals surface area (Å²) in [6.45, 7) is 9.93. The number of nitrogens with zero attached hydrogens (tertiary/aromatic N) is 1. The van der Waals surface area contributed by atoms with Crippen LogP contribution in [0, 0.1) is 19.3 Å². The second-order valence-electron chi connectivity index (χ2n) is 5.77. The maximum Gasteiger partial charge on any atom is 0.263 e. The molecule has 1 aromatic rings. The minimum absolute atomic E-state index is 0.0418. The van der Waals surface area contributed by atoms with Crippen molar-refractivity contribution in [3.05, 3.63) is 15.6 Å². The largest absolute Gasteiger partial charge is 0.394 e. The standard InChI is InChI=1S/C13H22N2O2S/c1-8-11(18-9(2)14-8)12(17)15-10(7-16)6-13(3,4)5/h10,16H,6-7H2,1-5H3,(H,15,17). The SMILES string of the molecule is Cc1nc(C)c(C(=O)NC(CO)CC(C)(C)C)s1. The average molecular weight is 270 g/mol. The molecule has 0 aliphatic heterocycles. The van der Waals surface area contributed by atoms with Gasteiger partial charge in [-0.25, -0.2) is 4.98 Å². The highest BCUT2D eigenvalue weighted by atomic mass is 32.1. The Labute approximate surface area is 112 Å². The Bertz CT molecular complexity index is 421. The molecule has 1 aromatic heterocycles. The molecule has 0 saturated heterocycles. The van der Waals surface area contributed by atoms with Gasteiger partial charge in [-0.15, -0.1) is 11.3 Å². The van der Waals surface area contributed by atoms with Crippen LogP contribution in [0.25, 0.3) is 0 Å². The monoisotopic (exact) mass is 270 g/mol. The molecule has 1 atom stereocenters. The number of carbonyl (C=O) groups excluding carboxylic acids is 1. The van der Waals surface area contributed by atoms with Crippen LogP contribution < -0.4 is 5.32 Å². The zero-order valence-corrected chi connectivity index (χ0v) is 12.5. The third-order valence-electron chi connectivity index (χ3n) is 2.52. The third-order valence-corrected chi connectivity index (χ3v) is 3.60. The predicted octanol–water partition coefficient (Wildman–Crippen LogP) is 2.29. The van der Waals surface area contributed by atoms with E-state index >= 15 is 0 Å². The number of hydrogen-bond acceptors (Lipinski definition) is 4. The Morgan fingerprint density at radius 2 is 2.06 bits per heavy atom. The normalized spacial score (nSPS) is 13.4. The van der Waals surface area contributed by atoms with Crippen molar-refractivity contribution in [1.29, 1.82) is 0 Å². The quantitative estimate of drug-likeness (QED) is 0.882. The average Bonchev–Trinajstić information content (AvgIpc) is 2.54. The summed E-state index contributed by atoms with van der Waals surface area (Å²) < 4.78 is 0. The summed E-state index contributed by atoms with van der Waals surface area (Å²) in [6, 6.07) is -0.209. The topological polar surface area (TPSA) is 62.2 Å². The van der Waals surface area contributed by atoms with Crippen molar-refractivity contribution >= 4 is 17.2 Å². The first-order chi connectivity index (χ1) is 8.23. The van der Waals surface area contributed by atoms with Crippen LogP contribution in [0.5, 0.6) is 0 Å². The van der Waals surface area contributed by atoms with Crippen molar-refractivity contribution in [3.63, 3.8) is 0 Å². The van der Waals surface area contributed by atoms with E-state index in [-0.39, 0.29) is 24.0 Å². The Morgan fingerprint density at radius 3 is 2.44 bits per heavy atom. The molecule has 1 rings (SSSR count). The van der Waals surface area contributed by atoms with Gasteiger partial charge < -0.3 is 10.4 Å². The number of aliphatic hydroxyl groups excluding tert-OH is 1. The molecule has 0 spiro atoms. The smallest absolute Gasteiger partial charge is 0.263 e. The fourth-order valence-corrected chi connectivity index (χ4v) is 2.72. The Morgan fingerprint density at radius 1 is 1.44 bits per heavy atom. The molecular weight excluding hydrogens is 248 g/mol. The van der Waals surface area contributed by atoms with Gasteiger partial charge in [-0.1, -0.05) is 20.8 Å². The minimum atomic E-state index is -0.209. The van der Waals surface area contributed by atoms with Gasteiger partial charge in [0.05, 0.1) is 23.4 Å². The van der Waals surface area contributed by atoms with Gasteiger partial charge in [-0.3, -0.25) is 4.79 Å². The molecule has 102 valence electrons. The number of hydrogen-bond donors (Lipinski definition) is 2. The molecule has 4 nitrogen and oxygen atoms in total. The fraction of sp³-hybridized carbons (Fsp3) is 0.692. The van der Waals surface area contributed by atoms with Crippen LogP contribution >= 0.6 is 11.3 Å². The zero-order chi connectivity index (χ0) is 13.9. The highest BCUT2D eigenvalue weighted by Crippen LogP contribution is 2.22. The number of nitrogens with one attached hydrogen (secondary N) is 1. The van der Waals surface area contributed by atoms with Crippen LogP contribution in [0.2, 0.25) is 0 Å². The maximum absolute atomic E-state index is 12.1. The van der Waals surface area contributed by atoms with E-state index in [1.807, 2.05) is 13.8 Å². The molecule has 0 bridgehead atoms. The van der Waals surface area contributed by atoms with E-state index < -0.39 is 0 Å². The minimum Gasteiger partial charge on any atom is -0.394 e. The van der Waals surface area contributed by atoms with Gasteiger partial charge in [-0.05, 0) is 25.7 Å². The van der Waals surface area contributed by atoms with E-state index in [1.165, 1.54) is 11.3 Å². The van der Waals surface area contributed by atoms with Gasteiger partial charge in [0, 0.05) is 0 Å². The van der Waals surface area contributed by atoms with Crippen LogP contribution in [0.4, 0.5) is 0 Å². The first-order valence-electron chi connectivity index (χ1n) is 6.08. The van der Waals surface area contributed by atoms with Gasteiger partial charge in [0.1, 0.15) is 4.88 Å². The molecule has 0 fully saturated rings. The summed E-state index contributed by atoms with van der Waals surface area (Å²) >= 11 is 1.39. The summed E-state index contributed by atoms with van der Waals surface area (Å²) in [5.74, 6) is -0.138. The highest BCUT2D eigenvalue weighted by Gasteiger charge is 2.22. The Hall–Kier alpha value is -0.940. The first kappa shape index (κ1) is 15.1. The summed E-state index contributed by atoms with van der Waals surface area (Å²) in [5.41, 5.74) is 0.821. The van der Waals surface area contributed by atoms with Gasteiger partial charge in [-0.2, -0.15) is 0 Å². The second kappa shape index (κ2) is 5.80. The van der Waals surface area contributed by atoms with Crippen LogP contribution in [-0.2, 0) is 0 Å². The predicted molar refractivity (Wildman–Crippen MR) is 74.0 cm³/mol. The number of amides is 1. The van der Waals surface area contributed by atoms with Crippen LogP contribution in [-0.4, -0.2) is 28.6 Å². The Kier molecular flexibility index (Phi) is 4.87. The van der Waals surface area contributed by atoms with Crippen molar-refractivity contribution in [3.8, 4) is 0 Å². The highest BCUT2D eigenvalue weighted by molar-refractivity contribution is 7.13. The number of rotatable bonds is 4. The van der Waals surface area contributed by atoms with Gasteiger partial charge in [0.25, 0.3) is 5.91 Å². The van der Waals surface area contributed by atoms with Gasteiger partial charge in [0.15, 0.2) is 0 Å². The molecule has 1 heterocycles. The molecule has 0 aliphatic rings. The van der Waals surface area contributed by atoms with Crippen molar-refractivity contribution in [2.45, 2.75) is 47.1 Å². The summed E-state index contributed by atoms with van der Waals surface area (Å²) in [5, 5.41) is 13.1. The molecular formula is C13H22N2O2S. The lowest BCUT2D eigenvalue weighted by atomic mass is 9.88.